The Morgan fingerprint density at radius 1 is 1.12 bits per heavy atom. The van der Waals surface area contributed by atoms with Crippen molar-refractivity contribution in [3.63, 3.8) is 0 Å². The van der Waals surface area contributed by atoms with Crippen molar-refractivity contribution >= 4 is 17.4 Å². The molecule has 34 heavy (non-hydrogen) atoms. The number of carbonyl (C=O) groups excluding carboxylic acids is 1. The van der Waals surface area contributed by atoms with Gasteiger partial charge in [0.1, 0.15) is 11.6 Å². The van der Waals surface area contributed by atoms with Gasteiger partial charge in [0, 0.05) is 12.1 Å². The van der Waals surface area contributed by atoms with Crippen LogP contribution in [0.4, 0.5) is 0 Å². The van der Waals surface area contributed by atoms with E-state index in [0.29, 0.717) is 23.3 Å². The smallest absolute Gasteiger partial charge is 0.168 e. The first-order valence-electron chi connectivity index (χ1n) is 13.6. The van der Waals surface area contributed by atoms with Crippen molar-refractivity contribution < 1.29 is 9.90 Å². The molecule has 1 heterocycles. The van der Waals surface area contributed by atoms with Gasteiger partial charge in [-0.25, -0.2) is 0 Å². The number of carbonyl (C=O) groups is 1. The van der Waals surface area contributed by atoms with Crippen LogP contribution in [0.5, 0.6) is 0 Å². The summed E-state index contributed by atoms with van der Waals surface area (Å²) in [6, 6.07) is 2.06. The van der Waals surface area contributed by atoms with E-state index in [-0.39, 0.29) is 28.8 Å². The van der Waals surface area contributed by atoms with Crippen molar-refractivity contribution in [1.29, 1.82) is 5.26 Å². The number of Topliss-reactive ketones (excluding diaryl/α,β-unsaturated/α-hetero) is 1. The molecule has 0 spiro atoms. The minimum absolute atomic E-state index is 0.0769. The van der Waals surface area contributed by atoms with Crippen LogP contribution in [0.15, 0.2) is 6.20 Å². The Kier molecular flexibility index (Phi) is 5.47. The van der Waals surface area contributed by atoms with Gasteiger partial charge in [-0.2, -0.15) is 10.4 Å². The van der Waals surface area contributed by atoms with Crippen LogP contribution in [-0.4, -0.2) is 26.3 Å². The molecule has 0 aliphatic heterocycles. The number of nitrogens with zero attached hydrogens (tertiary/aromatic N) is 3. The van der Waals surface area contributed by atoms with Gasteiger partial charge < -0.3 is 5.11 Å². The summed E-state index contributed by atoms with van der Waals surface area (Å²) >= 11 is 6.07. The summed E-state index contributed by atoms with van der Waals surface area (Å²) in [5.41, 5.74) is -0.0584. The zero-order valence-corrected chi connectivity index (χ0v) is 21.3. The molecule has 5 nitrogen and oxygen atoms in total. The second-order valence-corrected chi connectivity index (χ2v) is 13.4. The molecule has 0 amide bonds. The number of nitriles is 1. The molecule has 6 rings (SSSR count). The zero-order chi connectivity index (χ0) is 23.8. The standard InChI is InChI=1S/C28H38ClN3O2/c1-27(34)9-7-19-17(12-27)5-6-21-20(19)8-10-28(2)23(11-22(25(21)28)16-3-4-16)24(33)15-32-14-18(13-30)26(29)31-32/h14,16-17,19-23,25,34H,3-12,15H2,1-2H3/t17?,19-,20+,21+,22-,23+,25+,27+,28+/m0/s1. The molecule has 0 aromatic carbocycles. The maximum Gasteiger partial charge on any atom is 0.168 e. The molecule has 1 N–H and O–H groups in total. The van der Waals surface area contributed by atoms with Crippen LogP contribution in [0.1, 0.15) is 83.6 Å². The summed E-state index contributed by atoms with van der Waals surface area (Å²) in [6.45, 7) is 4.70. The summed E-state index contributed by atoms with van der Waals surface area (Å²) in [4.78, 5) is 13.7. The molecule has 0 radical (unpaired) electrons. The van der Waals surface area contributed by atoms with Crippen molar-refractivity contribution in [3.05, 3.63) is 16.9 Å². The fourth-order valence-electron chi connectivity index (χ4n) is 9.59. The second kappa shape index (κ2) is 8.07. The van der Waals surface area contributed by atoms with Crippen LogP contribution in [0.3, 0.4) is 0 Å². The van der Waals surface area contributed by atoms with Gasteiger partial charge in [-0.05, 0) is 118 Å². The highest BCUT2D eigenvalue weighted by atomic mass is 35.5. The lowest BCUT2D eigenvalue weighted by atomic mass is 9.48. The maximum atomic E-state index is 13.7. The molecule has 1 unspecified atom stereocenters. The van der Waals surface area contributed by atoms with E-state index in [4.69, 9.17) is 11.6 Å². The van der Waals surface area contributed by atoms with E-state index >= 15 is 0 Å². The predicted octanol–water partition coefficient (Wildman–Crippen LogP) is 5.63. The highest BCUT2D eigenvalue weighted by molar-refractivity contribution is 6.30. The fourth-order valence-corrected chi connectivity index (χ4v) is 9.78. The molecule has 6 heteroatoms. The Labute approximate surface area is 208 Å². The van der Waals surface area contributed by atoms with Gasteiger partial charge in [0.05, 0.1) is 12.1 Å². The average molecular weight is 484 g/mol. The summed E-state index contributed by atoms with van der Waals surface area (Å²) in [5.74, 6) is 5.51. The summed E-state index contributed by atoms with van der Waals surface area (Å²) in [5, 5.41) is 24.3. The van der Waals surface area contributed by atoms with Crippen molar-refractivity contribution in [1.82, 2.24) is 9.78 Å². The molecule has 5 aliphatic rings. The van der Waals surface area contributed by atoms with Crippen molar-refractivity contribution in [2.75, 3.05) is 0 Å². The van der Waals surface area contributed by atoms with Gasteiger partial charge in [-0.1, -0.05) is 18.5 Å². The predicted molar refractivity (Wildman–Crippen MR) is 130 cm³/mol. The van der Waals surface area contributed by atoms with E-state index in [2.05, 4.69) is 18.1 Å². The van der Waals surface area contributed by atoms with Gasteiger partial charge >= 0.3 is 0 Å². The van der Waals surface area contributed by atoms with Crippen molar-refractivity contribution in [2.45, 2.75) is 90.2 Å². The highest BCUT2D eigenvalue weighted by Gasteiger charge is 2.63. The Bertz CT molecular complexity index is 1020. The molecule has 5 fully saturated rings. The first-order valence-corrected chi connectivity index (χ1v) is 14.0. The first-order chi connectivity index (χ1) is 16.2. The molecule has 1 aromatic heterocycles. The van der Waals surface area contributed by atoms with E-state index in [1.54, 1.807) is 10.9 Å². The molecule has 9 atom stereocenters. The fraction of sp³-hybridized carbons (Fsp3) is 0.821. The zero-order valence-electron chi connectivity index (χ0n) is 20.5. The van der Waals surface area contributed by atoms with E-state index in [0.717, 1.165) is 49.4 Å². The van der Waals surface area contributed by atoms with E-state index in [9.17, 15) is 15.2 Å². The Hall–Kier alpha value is -1.38. The third kappa shape index (κ3) is 3.66. The first kappa shape index (κ1) is 23.0. The van der Waals surface area contributed by atoms with Crippen LogP contribution < -0.4 is 0 Å². The van der Waals surface area contributed by atoms with Crippen LogP contribution in [0.2, 0.25) is 5.15 Å². The van der Waals surface area contributed by atoms with E-state index < -0.39 is 5.60 Å². The lowest BCUT2D eigenvalue weighted by Gasteiger charge is -2.57. The largest absolute Gasteiger partial charge is 0.390 e. The van der Waals surface area contributed by atoms with Gasteiger partial charge in [-0.3, -0.25) is 9.48 Å². The van der Waals surface area contributed by atoms with Crippen LogP contribution >= 0.6 is 11.6 Å². The van der Waals surface area contributed by atoms with Crippen LogP contribution in [-0.2, 0) is 11.3 Å². The number of fused-ring (bicyclic) bond motifs is 5. The number of aromatic nitrogens is 2. The quantitative estimate of drug-likeness (QED) is 0.601. The maximum absolute atomic E-state index is 13.7. The third-order valence-corrected chi connectivity index (χ3v) is 11.3. The molecular formula is C28H38ClN3O2. The Morgan fingerprint density at radius 2 is 1.85 bits per heavy atom. The summed E-state index contributed by atoms with van der Waals surface area (Å²) < 4.78 is 1.58. The van der Waals surface area contributed by atoms with Crippen LogP contribution in [0.25, 0.3) is 0 Å². The number of aliphatic hydroxyl groups is 1. The van der Waals surface area contributed by atoms with Crippen LogP contribution in [0, 0.1) is 64.1 Å². The summed E-state index contributed by atoms with van der Waals surface area (Å²) in [6.07, 6.45) is 13.4. The number of halogens is 1. The number of hydrogen-bond donors (Lipinski definition) is 1. The molecule has 0 bridgehead atoms. The molecule has 0 saturated heterocycles. The van der Waals surface area contributed by atoms with Crippen molar-refractivity contribution in [3.8, 4) is 6.07 Å². The molecular weight excluding hydrogens is 446 g/mol. The summed E-state index contributed by atoms with van der Waals surface area (Å²) in [7, 11) is 0. The topological polar surface area (TPSA) is 78.9 Å². The number of ketones is 1. The highest BCUT2D eigenvalue weighted by Crippen LogP contribution is 2.69. The molecule has 1 aromatic rings. The van der Waals surface area contributed by atoms with E-state index in [1.165, 1.54) is 38.5 Å². The number of hydrogen-bond acceptors (Lipinski definition) is 4. The minimum Gasteiger partial charge on any atom is -0.390 e. The molecule has 5 aliphatic carbocycles. The lowest BCUT2D eigenvalue weighted by molar-refractivity contribution is -0.134. The average Bonchev–Trinajstić information content (AvgIpc) is 3.49. The SMILES string of the molecule is C[C@@]1(O)CC[C@H]2C(CC[C@@H]3[C@@H]2CC[C@@]2(C)[C@H]3[C@H](C3CC3)C[C@@H]2C(=O)Cn2cc(C#N)c(Cl)n2)C1. The molecule has 5 saturated carbocycles. The number of rotatable bonds is 4. The molecule has 184 valence electrons. The monoisotopic (exact) mass is 483 g/mol. The second-order valence-electron chi connectivity index (χ2n) is 13.0. The van der Waals surface area contributed by atoms with E-state index in [1.807, 2.05) is 6.92 Å². The lowest BCUT2D eigenvalue weighted by Crippen LogP contribution is -2.52. The van der Waals surface area contributed by atoms with Gasteiger partial charge in [0.25, 0.3) is 0 Å². The third-order valence-electron chi connectivity index (χ3n) is 11.1. The van der Waals surface area contributed by atoms with Gasteiger partial charge in [0.2, 0.25) is 0 Å². The van der Waals surface area contributed by atoms with Gasteiger partial charge in [0.15, 0.2) is 10.9 Å². The van der Waals surface area contributed by atoms with Crippen molar-refractivity contribution in [2.24, 2.45) is 52.8 Å². The normalized spacial score (nSPS) is 45.7. The Morgan fingerprint density at radius 3 is 2.56 bits per heavy atom. The Balaban J connectivity index is 1.25. The minimum atomic E-state index is -0.473. The van der Waals surface area contributed by atoms with Gasteiger partial charge in [-0.15, -0.1) is 0 Å².